The highest BCUT2D eigenvalue weighted by Gasteiger charge is 2.11. The number of thioether (sulfide) groups is 1. The lowest BCUT2D eigenvalue weighted by Crippen LogP contribution is -2.16. The molecule has 1 unspecified atom stereocenters. The Bertz CT molecular complexity index is 316. The minimum absolute atomic E-state index is 0.224. The number of nitrogen functional groups attached to an aromatic ring is 1. The van der Waals surface area contributed by atoms with Crippen LogP contribution in [0.3, 0.4) is 0 Å². The Morgan fingerprint density at radius 1 is 1.79 bits per heavy atom. The molecular formula is C6H10N4O3S. The second-order valence-corrected chi connectivity index (χ2v) is 3.57. The molecule has 0 saturated carbocycles. The van der Waals surface area contributed by atoms with E-state index in [4.69, 9.17) is 10.9 Å². The van der Waals surface area contributed by atoms with E-state index in [1.54, 1.807) is 0 Å². The summed E-state index contributed by atoms with van der Waals surface area (Å²) in [5, 5.41) is 25.2. The molecule has 0 saturated heterocycles. The van der Waals surface area contributed by atoms with Gasteiger partial charge in [-0.2, -0.15) is 0 Å². The number of aliphatic hydroxyl groups is 1. The van der Waals surface area contributed by atoms with Gasteiger partial charge in [0.2, 0.25) is 5.16 Å². The molecule has 0 bridgehead atoms. The Labute approximate surface area is 83.9 Å². The van der Waals surface area contributed by atoms with E-state index in [1.807, 2.05) is 0 Å². The summed E-state index contributed by atoms with van der Waals surface area (Å²) in [5.41, 5.74) is 0. The first kappa shape index (κ1) is 10.8. The molecule has 14 heavy (non-hydrogen) atoms. The van der Waals surface area contributed by atoms with Gasteiger partial charge in [-0.1, -0.05) is 11.8 Å². The topological polar surface area (TPSA) is 114 Å². The first-order valence-corrected chi connectivity index (χ1v) is 4.76. The second kappa shape index (κ2) is 4.82. The zero-order chi connectivity index (χ0) is 10.6. The van der Waals surface area contributed by atoms with Crippen LogP contribution >= 0.6 is 11.8 Å². The van der Waals surface area contributed by atoms with Crippen molar-refractivity contribution in [1.29, 1.82) is 0 Å². The van der Waals surface area contributed by atoms with Gasteiger partial charge >= 0.3 is 5.97 Å². The first-order chi connectivity index (χ1) is 6.59. The van der Waals surface area contributed by atoms with Crippen molar-refractivity contribution in [3.8, 4) is 0 Å². The highest BCUT2D eigenvalue weighted by atomic mass is 32.2. The summed E-state index contributed by atoms with van der Waals surface area (Å²) in [7, 11) is 0. The number of hydrogen-bond acceptors (Lipinski definition) is 6. The summed E-state index contributed by atoms with van der Waals surface area (Å²) < 4.78 is 1.21. The molecule has 78 valence electrons. The quantitative estimate of drug-likeness (QED) is 0.425. The van der Waals surface area contributed by atoms with Crippen molar-refractivity contribution in [2.24, 2.45) is 0 Å². The van der Waals surface area contributed by atoms with Crippen molar-refractivity contribution >= 4 is 17.7 Å². The van der Waals surface area contributed by atoms with Gasteiger partial charge in [-0.05, 0) is 0 Å². The smallest absolute Gasteiger partial charge is 0.306 e. The van der Waals surface area contributed by atoms with Crippen LogP contribution in [-0.2, 0) is 4.79 Å². The number of carbonyl (C=O) groups is 1. The van der Waals surface area contributed by atoms with Crippen molar-refractivity contribution in [1.82, 2.24) is 14.9 Å². The van der Waals surface area contributed by atoms with Gasteiger partial charge in [-0.25, -0.2) is 4.68 Å². The fourth-order valence-electron chi connectivity index (χ4n) is 0.766. The molecule has 0 amide bonds. The molecule has 8 heteroatoms. The average molecular weight is 218 g/mol. The Balaban J connectivity index is 2.34. The highest BCUT2D eigenvalue weighted by Crippen LogP contribution is 2.14. The molecule has 0 aromatic carbocycles. The fourth-order valence-corrected chi connectivity index (χ4v) is 1.53. The molecule has 1 aromatic heterocycles. The van der Waals surface area contributed by atoms with Crippen LogP contribution in [0.5, 0.6) is 0 Å². The summed E-state index contributed by atoms with van der Waals surface area (Å²) in [6, 6.07) is 0. The number of aliphatic carboxylic acids is 1. The van der Waals surface area contributed by atoms with Gasteiger partial charge in [-0.15, -0.1) is 10.2 Å². The third-order valence-corrected chi connectivity index (χ3v) is 2.46. The predicted molar refractivity (Wildman–Crippen MR) is 49.2 cm³/mol. The first-order valence-electron chi connectivity index (χ1n) is 3.77. The number of aromatic nitrogens is 3. The van der Waals surface area contributed by atoms with Crippen LogP contribution in [0.1, 0.15) is 6.42 Å². The van der Waals surface area contributed by atoms with Crippen LogP contribution in [0.15, 0.2) is 11.5 Å². The predicted octanol–water partition coefficient (Wildman–Crippen LogP) is -1.08. The Morgan fingerprint density at radius 2 is 2.50 bits per heavy atom. The van der Waals surface area contributed by atoms with Crippen LogP contribution in [0.25, 0.3) is 0 Å². The molecule has 1 atom stereocenters. The van der Waals surface area contributed by atoms with E-state index in [1.165, 1.54) is 11.0 Å². The number of rotatable bonds is 5. The summed E-state index contributed by atoms with van der Waals surface area (Å²) >= 11 is 1.15. The highest BCUT2D eigenvalue weighted by molar-refractivity contribution is 7.99. The van der Waals surface area contributed by atoms with Crippen LogP contribution in [0, 0.1) is 0 Å². The number of carboxylic acids is 1. The fraction of sp³-hybridized carbons (Fsp3) is 0.500. The average Bonchev–Trinajstić information content (AvgIpc) is 2.46. The summed E-state index contributed by atoms with van der Waals surface area (Å²) in [6.45, 7) is 0. The molecule has 4 N–H and O–H groups in total. The van der Waals surface area contributed by atoms with Crippen molar-refractivity contribution < 1.29 is 15.0 Å². The van der Waals surface area contributed by atoms with Gasteiger partial charge in [0.1, 0.15) is 6.33 Å². The molecule has 0 spiro atoms. The minimum Gasteiger partial charge on any atom is -0.481 e. The van der Waals surface area contributed by atoms with Crippen molar-refractivity contribution in [3.05, 3.63) is 6.33 Å². The molecule has 0 aliphatic carbocycles. The molecule has 0 aliphatic heterocycles. The number of carboxylic acid groups (broad SMARTS) is 1. The van der Waals surface area contributed by atoms with E-state index in [2.05, 4.69) is 10.2 Å². The number of nitrogens with two attached hydrogens (primary N) is 1. The summed E-state index contributed by atoms with van der Waals surface area (Å²) in [6.07, 6.45) is 0.131. The lowest BCUT2D eigenvalue weighted by atomic mass is 10.3. The van der Waals surface area contributed by atoms with Crippen LogP contribution in [0.2, 0.25) is 0 Å². The SMILES string of the molecule is Nn1cnnc1SCC(O)CC(=O)O. The van der Waals surface area contributed by atoms with Gasteiger partial charge in [0, 0.05) is 5.75 Å². The van der Waals surface area contributed by atoms with Gasteiger partial charge in [0.15, 0.2) is 0 Å². The van der Waals surface area contributed by atoms with Crippen molar-refractivity contribution in [2.45, 2.75) is 17.7 Å². The van der Waals surface area contributed by atoms with Crippen molar-refractivity contribution in [2.75, 3.05) is 11.6 Å². The van der Waals surface area contributed by atoms with Crippen LogP contribution in [0.4, 0.5) is 0 Å². The van der Waals surface area contributed by atoms with E-state index in [9.17, 15) is 9.90 Å². The largest absolute Gasteiger partial charge is 0.481 e. The number of hydrogen-bond donors (Lipinski definition) is 3. The number of nitrogens with zero attached hydrogens (tertiary/aromatic N) is 3. The maximum Gasteiger partial charge on any atom is 0.306 e. The Morgan fingerprint density at radius 3 is 3.00 bits per heavy atom. The van der Waals surface area contributed by atoms with E-state index >= 15 is 0 Å². The Kier molecular flexibility index (Phi) is 3.72. The van der Waals surface area contributed by atoms with Gasteiger partial charge in [-0.3, -0.25) is 4.79 Å². The normalized spacial score (nSPS) is 12.6. The van der Waals surface area contributed by atoms with E-state index in [-0.39, 0.29) is 12.2 Å². The van der Waals surface area contributed by atoms with Gasteiger partial charge in [0.05, 0.1) is 12.5 Å². The number of aliphatic hydroxyl groups excluding tert-OH is 1. The molecule has 1 aromatic rings. The van der Waals surface area contributed by atoms with Gasteiger partial charge in [0.25, 0.3) is 0 Å². The molecule has 1 heterocycles. The maximum absolute atomic E-state index is 10.2. The molecule has 0 radical (unpaired) electrons. The molecule has 0 fully saturated rings. The standard InChI is InChI=1S/C6H10N4O3S/c7-10-3-8-9-6(10)14-2-4(11)1-5(12)13/h3-4,11H,1-2,7H2,(H,12,13). The lowest BCUT2D eigenvalue weighted by molar-refractivity contribution is -0.138. The molecule has 7 nitrogen and oxygen atoms in total. The molecule has 0 aliphatic rings. The monoisotopic (exact) mass is 218 g/mol. The maximum atomic E-state index is 10.2. The second-order valence-electron chi connectivity index (χ2n) is 2.58. The zero-order valence-corrected chi connectivity index (χ0v) is 8.02. The van der Waals surface area contributed by atoms with Crippen molar-refractivity contribution in [3.63, 3.8) is 0 Å². The Hall–Kier alpha value is -1.28. The van der Waals surface area contributed by atoms with E-state index in [0.717, 1.165) is 11.8 Å². The summed E-state index contributed by atoms with van der Waals surface area (Å²) in [4.78, 5) is 10.2. The zero-order valence-electron chi connectivity index (χ0n) is 7.20. The third kappa shape index (κ3) is 3.23. The van der Waals surface area contributed by atoms with Crippen LogP contribution < -0.4 is 5.84 Å². The van der Waals surface area contributed by atoms with Crippen LogP contribution in [-0.4, -0.2) is 42.9 Å². The lowest BCUT2D eigenvalue weighted by Gasteiger charge is -2.05. The third-order valence-electron chi connectivity index (χ3n) is 1.36. The van der Waals surface area contributed by atoms with E-state index < -0.39 is 12.1 Å². The molecular weight excluding hydrogens is 208 g/mol. The summed E-state index contributed by atoms with van der Waals surface area (Å²) in [5.74, 6) is 4.59. The van der Waals surface area contributed by atoms with E-state index in [0.29, 0.717) is 5.16 Å². The van der Waals surface area contributed by atoms with Gasteiger partial charge < -0.3 is 16.1 Å². The molecule has 1 rings (SSSR count). The minimum atomic E-state index is -1.03.